The van der Waals surface area contributed by atoms with Crippen LogP contribution in [-0.2, 0) is 5.60 Å². The van der Waals surface area contributed by atoms with Gasteiger partial charge >= 0.3 is 0 Å². The Bertz CT molecular complexity index is 628. The number of nitrogens with zero attached hydrogens (tertiary/aromatic N) is 1. The van der Waals surface area contributed by atoms with Gasteiger partial charge in [0.15, 0.2) is 0 Å². The largest absolute Gasteiger partial charge is 0.508 e. The summed E-state index contributed by atoms with van der Waals surface area (Å²) < 4.78 is 57.7. The first kappa shape index (κ1) is 6.92. The van der Waals surface area contributed by atoms with Crippen molar-refractivity contribution in [1.82, 2.24) is 4.90 Å². The van der Waals surface area contributed by atoms with Crippen LogP contribution in [0.3, 0.4) is 0 Å². The van der Waals surface area contributed by atoms with Crippen molar-refractivity contribution in [3.63, 3.8) is 0 Å². The number of phenolic OH excluding ortho intramolecular Hbond substituents is 1. The third-order valence-electron chi connectivity index (χ3n) is 3.00. The van der Waals surface area contributed by atoms with Crippen LogP contribution in [0.2, 0.25) is 0 Å². The zero-order valence-electron chi connectivity index (χ0n) is 17.7. The lowest BCUT2D eigenvalue weighted by atomic mass is 9.71. The van der Waals surface area contributed by atoms with Crippen molar-refractivity contribution in [3.05, 3.63) is 29.8 Å². The van der Waals surface area contributed by atoms with Crippen molar-refractivity contribution in [2.45, 2.75) is 31.2 Å². The van der Waals surface area contributed by atoms with E-state index in [1.807, 2.05) is 0 Å². The van der Waals surface area contributed by atoms with Crippen LogP contribution in [-0.4, -0.2) is 38.6 Å². The Morgan fingerprint density at radius 1 is 1.61 bits per heavy atom. The number of rotatable bonds is 5. The van der Waals surface area contributed by atoms with Crippen LogP contribution in [0.1, 0.15) is 38.1 Å². The number of aliphatic hydroxyl groups is 1. The molecule has 18 heavy (non-hydrogen) atoms. The van der Waals surface area contributed by atoms with E-state index in [4.69, 9.17) is 14.8 Å². The minimum atomic E-state index is -2.28. The van der Waals surface area contributed by atoms with Gasteiger partial charge in [-0.25, -0.2) is 0 Å². The van der Waals surface area contributed by atoms with Crippen LogP contribution < -0.4 is 0 Å². The number of hydrogen-bond donors (Lipinski definition) is 2. The zero-order chi connectivity index (χ0) is 19.1. The SMILES string of the molecule is [2H]Oc1cccc([C@]2(O[2H])C([2H])([2H])CCC[C@@]2([2H])C([2H])([2H])N(C)C)c1. The van der Waals surface area contributed by atoms with Gasteiger partial charge in [0.25, 0.3) is 1.43 Å². The summed E-state index contributed by atoms with van der Waals surface area (Å²) in [6, 6.07) is 5.81. The fourth-order valence-electron chi connectivity index (χ4n) is 2.21. The zero-order valence-corrected chi connectivity index (χ0v) is 10.7. The average Bonchev–Trinajstić information content (AvgIpc) is 2.54. The topological polar surface area (TPSA) is 43.7 Å². The predicted octanol–water partition coefficient (Wildman–Crippen LogP) is 2.33. The molecule has 2 N–H and O–H groups in total. The van der Waals surface area contributed by atoms with Gasteiger partial charge in [0, 0.05) is 19.2 Å². The second-order valence-electron chi connectivity index (χ2n) is 4.72. The molecule has 1 aromatic rings. The lowest BCUT2D eigenvalue weighted by Crippen LogP contribution is -2.43. The monoisotopic (exact) mass is 256 g/mol. The summed E-state index contributed by atoms with van der Waals surface area (Å²) in [5, 5.41) is 9.39. The van der Waals surface area contributed by atoms with Gasteiger partial charge in [-0.2, -0.15) is 0 Å². The van der Waals surface area contributed by atoms with Gasteiger partial charge < -0.3 is 15.1 Å². The minimum absolute atomic E-state index is 0.0164. The van der Waals surface area contributed by atoms with Crippen LogP contribution in [0.4, 0.5) is 0 Å². The fraction of sp³-hybridized carbons (Fsp3) is 0.600. The molecule has 2 rings (SSSR count). The molecule has 0 radical (unpaired) electrons. The molecule has 3 heteroatoms. The summed E-state index contributed by atoms with van der Waals surface area (Å²) in [7, 11) is 2.94. The second kappa shape index (κ2) is 5.29. The van der Waals surface area contributed by atoms with Crippen molar-refractivity contribution < 1.29 is 17.1 Å². The highest BCUT2D eigenvalue weighted by molar-refractivity contribution is 5.32. The predicted molar refractivity (Wildman–Crippen MR) is 72.5 cm³/mol. The van der Waals surface area contributed by atoms with Crippen molar-refractivity contribution in [3.8, 4) is 5.75 Å². The number of benzene rings is 1. The lowest BCUT2D eigenvalue weighted by molar-refractivity contribution is -0.0619. The summed E-state index contributed by atoms with van der Waals surface area (Å²) in [6.45, 7) is -2.28. The molecule has 1 aromatic carbocycles. The van der Waals surface area contributed by atoms with E-state index >= 15 is 0 Å². The summed E-state index contributed by atoms with van der Waals surface area (Å²) in [5.74, 6) is -2.00. The first-order chi connectivity index (χ1) is 11.5. The molecule has 0 aromatic heterocycles. The van der Waals surface area contributed by atoms with E-state index in [1.54, 1.807) is 0 Å². The van der Waals surface area contributed by atoms with Gasteiger partial charge in [-0.1, -0.05) is 25.0 Å². The van der Waals surface area contributed by atoms with E-state index < -0.39 is 24.4 Å². The maximum absolute atomic E-state index is 8.99. The van der Waals surface area contributed by atoms with Crippen LogP contribution in [0.25, 0.3) is 0 Å². The van der Waals surface area contributed by atoms with Crippen molar-refractivity contribution in [2.75, 3.05) is 20.6 Å². The van der Waals surface area contributed by atoms with E-state index in [-0.39, 0.29) is 24.2 Å². The molecule has 0 spiro atoms. The number of phenols is 1. The molecular weight excluding hydrogens is 226 g/mol. The van der Waals surface area contributed by atoms with Gasteiger partial charge in [0.2, 0.25) is 1.43 Å². The molecule has 1 aliphatic rings. The molecule has 0 bridgehead atoms. The average molecular weight is 256 g/mol. The van der Waals surface area contributed by atoms with Crippen LogP contribution in [0.15, 0.2) is 24.3 Å². The van der Waals surface area contributed by atoms with Crippen LogP contribution in [0.5, 0.6) is 5.75 Å². The molecule has 1 fully saturated rings. The smallest absolute Gasteiger partial charge is 0.293 e. The normalized spacial score (nSPS) is 41.6. The molecule has 0 aliphatic heterocycles. The first-order valence-corrected chi connectivity index (χ1v) is 6.05. The van der Waals surface area contributed by atoms with E-state index in [0.29, 0.717) is 6.42 Å². The molecule has 100 valence electrons. The molecule has 1 aliphatic carbocycles. The van der Waals surface area contributed by atoms with E-state index in [0.717, 1.165) is 0 Å². The van der Waals surface area contributed by atoms with Crippen molar-refractivity contribution in [2.24, 2.45) is 5.89 Å². The van der Waals surface area contributed by atoms with Gasteiger partial charge in [0.1, 0.15) is 5.75 Å². The van der Waals surface area contributed by atoms with Gasteiger partial charge in [0.05, 0.1) is 5.60 Å². The molecule has 0 saturated heterocycles. The highest BCUT2D eigenvalue weighted by Crippen LogP contribution is 2.42. The maximum Gasteiger partial charge on any atom is 0.293 e. The molecular formula is C15H23NO2. The molecule has 0 unspecified atom stereocenters. The molecule has 3 nitrogen and oxygen atoms in total. The first-order valence-electron chi connectivity index (χ1n) is 9.37. The number of hydrogen-bond acceptors (Lipinski definition) is 3. The van der Waals surface area contributed by atoms with Gasteiger partial charge in [-0.3, -0.25) is 0 Å². The third kappa shape index (κ3) is 2.68. The van der Waals surface area contributed by atoms with Gasteiger partial charge in [-0.15, -0.1) is 0 Å². The highest BCUT2D eigenvalue weighted by atomic mass is 16.3. The second-order valence-corrected chi connectivity index (χ2v) is 4.72. The summed E-state index contributed by atoms with van der Waals surface area (Å²) in [6.07, 6.45) is -1.83. The highest BCUT2D eigenvalue weighted by Gasteiger charge is 2.40. The quantitative estimate of drug-likeness (QED) is 0.850. The number of aromatic hydroxyl groups is 1. The molecule has 1 saturated carbocycles. The Balaban J connectivity index is 2.81. The van der Waals surface area contributed by atoms with Crippen LogP contribution >= 0.6 is 0 Å². The molecule has 0 amide bonds. The van der Waals surface area contributed by atoms with E-state index in [2.05, 4.69) is 5.11 Å². The fourth-order valence-corrected chi connectivity index (χ4v) is 2.21. The third-order valence-corrected chi connectivity index (χ3v) is 3.00. The lowest BCUT2D eigenvalue weighted by Gasteiger charge is -2.41. The van der Waals surface area contributed by atoms with Crippen molar-refractivity contribution in [1.29, 1.82) is 2.86 Å². The summed E-state index contributed by atoms with van der Waals surface area (Å²) in [4.78, 5) is 1.21. The molecule has 2 atom stereocenters. The minimum Gasteiger partial charge on any atom is -0.508 e. The Morgan fingerprint density at radius 2 is 2.50 bits per heavy atom. The summed E-state index contributed by atoms with van der Waals surface area (Å²) >= 11 is 0. The van der Waals surface area contributed by atoms with Crippen molar-refractivity contribution >= 4 is 0 Å². The Hall–Kier alpha value is -1.06. The molecule has 0 heterocycles. The maximum atomic E-state index is 8.99. The standard InChI is InChI=1S/C15H23NO2/c1-16(2)11-13-6-3-4-9-15(13,18)12-7-5-8-14(17)10-12/h5,7-8,10,13,17-18H,3-4,6,9,11H2,1-2H3/t13-,15+/m0/s1/i9D2,11D2,13D,18D/hD. The van der Waals surface area contributed by atoms with Crippen LogP contribution in [0, 0.1) is 5.89 Å². The Kier molecular flexibility index (Phi) is 2.03. The van der Waals surface area contributed by atoms with Gasteiger partial charge in [-0.05, 0) is 44.6 Å². The Labute approximate surface area is 119 Å². The van der Waals surface area contributed by atoms with E-state index in [9.17, 15) is 0 Å². The van der Waals surface area contributed by atoms with E-state index in [1.165, 1.54) is 43.3 Å². The Morgan fingerprint density at radius 3 is 3.22 bits per heavy atom. The summed E-state index contributed by atoms with van der Waals surface area (Å²) in [5.41, 5.74) is -2.08.